The van der Waals surface area contributed by atoms with Crippen LogP contribution in [0, 0.1) is 0 Å². The SMILES string of the molecule is CNC(=O)c1cc(OC)ccc1NCCCBr. The number of anilines is 1. The smallest absolute Gasteiger partial charge is 0.253 e. The molecule has 94 valence electrons. The maximum atomic E-state index is 11.7. The minimum absolute atomic E-state index is 0.120. The molecule has 0 atom stereocenters. The largest absolute Gasteiger partial charge is 0.497 e. The van der Waals surface area contributed by atoms with Crippen LogP contribution in [0.1, 0.15) is 16.8 Å². The van der Waals surface area contributed by atoms with Gasteiger partial charge in [-0.15, -0.1) is 0 Å². The first-order valence-corrected chi connectivity index (χ1v) is 6.55. The van der Waals surface area contributed by atoms with Crippen molar-refractivity contribution in [3.8, 4) is 5.75 Å². The van der Waals surface area contributed by atoms with Crippen LogP contribution in [-0.2, 0) is 0 Å². The number of nitrogens with one attached hydrogen (secondary N) is 2. The number of hydrogen-bond acceptors (Lipinski definition) is 3. The summed E-state index contributed by atoms with van der Waals surface area (Å²) >= 11 is 3.37. The number of carbonyl (C=O) groups excluding carboxylic acids is 1. The van der Waals surface area contributed by atoms with Gasteiger partial charge in [0, 0.05) is 24.6 Å². The van der Waals surface area contributed by atoms with Gasteiger partial charge in [0.05, 0.1) is 12.7 Å². The normalized spacial score (nSPS) is 9.82. The Balaban J connectivity index is 2.90. The molecule has 0 spiro atoms. The average molecular weight is 301 g/mol. The van der Waals surface area contributed by atoms with Gasteiger partial charge in [-0.25, -0.2) is 0 Å². The van der Waals surface area contributed by atoms with E-state index < -0.39 is 0 Å². The second-order valence-electron chi connectivity index (χ2n) is 3.46. The van der Waals surface area contributed by atoms with Crippen molar-refractivity contribution in [3.63, 3.8) is 0 Å². The number of ether oxygens (including phenoxy) is 1. The molecule has 0 saturated heterocycles. The van der Waals surface area contributed by atoms with Crippen molar-refractivity contribution in [1.82, 2.24) is 5.32 Å². The molecule has 0 heterocycles. The highest BCUT2D eigenvalue weighted by molar-refractivity contribution is 9.09. The van der Waals surface area contributed by atoms with Gasteiger partial charge in [-0.05, 0) is 24.6 Å². The Hall–Kier alpha value is -1.23. The van der Waals surface area contributed by atoms with Crippen LogP contribution in [0.5, 0.6) is 5.75 Å². The zero-order chi connectivity index (χ0) is 12.7. The van der Waals surface area contributed by atoms with Crippen LogP contribution in [0.2, 0.25) is 0 Å². The van der Waals surface area contributed by atoms with E-state index in [0.717, 1.165) is 24.0 Å². The van der Waals surface area contributed by atoms with Gasteiger partial charge in [0.1, 0.15) is 5.75 Å². The highest BCUT2D eigenvalue weighted by atomic mass is 79.9. The van der Waals surface area contributed by atoms with Crippen LogP contribution < -0.4 is 15.4 Å². The number of benzene rings is 1. The fourth-order valence-corrected chi connectivity index (χ4v) is 1.70. The Bertz CT molecular complexity index is 383. The first-order chi connectivity index (χ1) is 8.22. The molecule has 2 N–H and O–H groups in total. The van der Waals surface area contributed by atoms with Gasteiger partial charge in [0.2, 0.25) is 0 Å². The Morgan fingerprint density at radius 2 is 2.24 bits per heavy atom. The van der Waals surface area contributed by atoms with Gasteiger partial charge in [-0.2, -0.15) is 0 Å². The fourth-order valence-electron chi connectivity index (χ4n) is 1.42. The average Bonchev–Trinajstić information content (AvgIpc) is 2.38. The molecule has 0 bridgehead atoms. The van der Waals surface area contributed by atoms with Gasteiger partial charge in [0.15, 0.2) is 0 Å². The third-order valence-corrected chi connectivity index (χ3v) is 2.89. The molecule has 0 aliphatic heterocycles. The molecule has 5 heteroatoms. The van der Waals surface area contributed by atoms with Gasteiger partial charge in [0.25, 0.3) is 5.91 Å². The van der Waals surface area contributed by atoms with Gasteiger partial charge < -0.3 is 15.4 Å². The lowest BCUT2D eigenvalue weighted by atomic mass is 10.1. The molecule has 0 saturated carbocycles. The number of alkyl halides is 1. The van der Waals surface area contributed by atoms with Crippen LogP contribution in [0.15, 0.2) is 18.2 Å². The second kappa shape index (κ2) is 7.17. The van der Waals surface area contributed by atoms with Gasteiger partial charge in [-0.1, -0.05) is 15.9 Å². The summed E-state index contributed by atoms with van der Waals surface area (Å²) in [6.45, 7) is 0.821. The summed E-state index contributed by atoms with van der Waals surface area (Å²) in [7, 11) is 3.20. The summed E-state index contributed by atoms with van der Waals surface area (Å²) in [5.74, 6) is 0.555. The lowest BCUT2D eigenvalue weighted by Crippen LogP contribution is -2.20. The highest BCUT2D eigenvalue weighted by Gasteiger charge is 2.10. The van der Waals surface area contributed by atoms with Crippen molar-refractivity contribution >= 4 is 27.5 Å². The van der Waals surface area contributed by atoms with E-state index in [-0.39, 0.29) is 5.91 Å². The minimum Gasteiger partial charge on any atom is -0.497 e. The molecule has 0 aliphatic rings. The van der Waals surface area contributed by atoms with E-state index in [4.69, 9.17) is 4.74 Å². The second-order valence-corrected chi connectivity index (χ2v) is 4.25. The molecule has 0 radical (unpaired) electrons. The fraction of sp³-hybridized carbons (Fsp3) is 0.417. The maximum absolute atomic E-state index is 11.7. The first kappa shape index (κ1) is 13.8. The zero-order valence-electron chi connectivity index (χ0n) is 10.0. The van der Waals surface area contributed by atoms with Crippen molar-refractivity contribution in [2.75, 3.05) is 31.3 Å². The summed E-state index contributed by atoms with van der Waals surface area (Å²) in [4.78, 5) is 11.7. The van der Waals surface area contributed by atoms with Crippen molar-refractivity contribution < 1.29 is 9.53 Å². The molecular formula is C12H17BrN2O2. The predicted molar refractivity (Wildman–Crippen MR) is 73.3 cm³/mol. The van der Waals surface area contributed by atoms with Crippen LogP contribution >= 0.6 is 15.9 Å². The van der Waals surface area contributed by atoms with Crippen molar-refractivity contribution in [3.05, 3.63) is 23.8 Å². The standard InChI is InChI=1S/C12H17BrN2O2/c1-14-12(16)10-8-9(17-2)4-5-11(10)15-7-3-6-13/h4-5,8,15H,3,6-7H2,1-2H3,(H,14,16). The number of halogens is 1. The van der Waals surface area contributed by atoms with E-state index in [2.05, 4.69) is 26.6 Å². The molecule has 1 aromatic carbocycles. The molecule has 17 heavy (non-hydrogen) atoms. The van der Waals surface area contributed by atoms with Crippen LogP contribution in [0.25, 0.3) is 0 Å². The van der Waals surface area contributed by atoms with Gasteiger partial charge in [-0.3, -0.25) is 4.79 Å². The summed E-state index contributed by atoms with van der Waals surface area (Å²) in [5, 5.41) is 6.79. The highest BCUT2D eigenvalue weighted by Crippen LogP contribution is 2.22. The Kier molecular flexibility index (Phi) is 5.83. The Labute approximate surface area is 110 Å². The number of hydrogen-bond donors (Lipinski definition) is 2. The van der Waals surface area contributed by atoms with E-state index in [1.165, 1.54) is 0 Å². The van der Waals surface area contributed by atoms with Crippen LogP contribution in [-0.4, -0.2) is 31.9 Å². The number of amides is 1. The molecule has 0 aromatic heterocycles. The quantitative estimate of drug-likeness (QED) is 0.626. The minimum atomic E-state index is -0.120. The number of rotatable bonds is 6. The van der Waals surface area contributed by atoms with Gasteiger partial charge >= 0.3 is 0 Å². The first-order valence-electron chi connectivity index (χ1n) is 5.43. The third-order valence-electron chi connectivity index (χ3n) is 2.32. The number of methoxy groups -OCH3 is 1. The van der Waals surface area contributed by atoms with E-state index in [1.54, 1.807) is 20.2 Å². The topological polar surface area (TPSA) is 50.4 Å². The molecule has 4 nitrogen and oxygen atoms in total. The lowest BCUT2D eigenvalue weighted by molar-refractivity contribution is 0.0963. The van der Waals surface area contributed by atoms with Crippen LogP contribution in [0.4, 0.5) is 5.69 Å². The van der Waals surface area contributed by atoms with E-state index in [0.29, 0.717) is 11.3 Å². The van der Waals surface area contributed by atoms with E-state index >= 15 is 0 Å². The maximum Gasteiger partial charge on any atom is 0.253 e. The van der Waals surface area contributed by atoms with Crippen molar-refractivity contribution in [2.24, 2.45) is 0 Å². The van der Waals surface area contributed by atoms with E-state index in [9.17, 15) is 4.79 Å². The molecule has 0 aliphatic carbocycles. The molecule has 0 fully saturated rings. The summed E-state index contributed by atoms with van der Waals surface area (Å²) in [6.07, 6.45) is 0.999. The molecule has 1 amide bonds. The molecular weight excluding hydrogens is 284 g/mol. The Morgan fingerprint density at radius 1 is 1.47 bits per heavy atom. The predicted octanol–water partition coefficient (Wildman–Crippen LogP) is 2.25. The summed E-state index contributed by atoms with van der Waals surface area (Å²) < 4.78 is 5.11. The Morgan fingerprint density at radius 3 is 2.82 bits per heavy atom. The summed E-state index contributed by atoms with van der Waals surface area (Å²) in [5.41, 5.74) is 1.42. The molecule has 1 rings (SSSR count). The zero-order valence-corrected chi connectivity index (χ0v) is 11.6. The molecule has 1 aromatic rings. The van der Waals surface area contributed by atoms with Crippen molar-refractivity contribution in [1.29, 1.82) is 0 Å². The van der Waals surface area contributed by atoms with Crippen molar-refractivity contribution in [2.45, 2.75) is 6.42 Å². The lowest BCUT2D eigenvalue weighted by Gasteiger charge is -2.12. The third kappa shape index (κ3) is 3.93. The van der Waals surface area contributed by atoms with Crippen LogP contribution in [0.3, 0.4) is 0 Å². The summed E-state index contributed by atoms with van der Waals surface area (Å²) in [6, 6.07) is 5.43. The monoisotopic (exact) mass is 300 g/mol. The molecule has 0 unspecified atom stereocenters. The number of carbonyl (C=O) groups is 1. The van der Waals surface area contributed by atoms with E-state index in [1.807, 2.05) is 12.1 Å².